The number of hydrogen-bond acceptors (Lipinski definition) is 6. The number of rotatable bonds is 7. The van der Waals surface area contributed by atoms with Gasteiger partial charge in [-0.25, -0.2) is 21.9 Å². The molecule has 2 aliphatic carbocycles. The lowest BCUT2D eigenvalue weighted by Gasteiger charge is -2.40. The molecule has 2 aromatic carbocycles. The van der Waals surface area contributed by atoms with Crippen molar-refractivity contribution in [1.82, 2.24) is 14.4 Å². The SMILES string of the molecule is O=C(Nc1ccc(F)c(F)c1)c1c(Cl)c(S(=O)(=O)NC2C3CCC2CC(O)(c2cc(-c4ccccc4)on2)C3)c2n1CCCC=C2. The first-order valence-electron chi connectivity index (χ1n) is 15.2. The van der Waals surface area contributed by atoms with Crippen molar-refractivity contribution in [2.45, 2.75) is 61.6 Å². The Morgan fingerprint density at radius 1 is 1.07 bits per heavy atom. The Hall–Kier alpha value is -3.84. The molecule has 2 saturated carbocycles. The maximum absolute atomic E-state index is 14.1. The highest BCUT2D eigenvalue weighted by molar-refractivity contribution is 7.89. The number of nitrogens with one attached hydrogen (secondary N) is 2. The van der Waals surface area contributed by atoms with E-state index >= 15 is 0 Å². The molecule has 4 aromatic rings. The predicted molar refractivity (Wildman–Crippen MR) is 167 cm³/mol. The molecule has 0 spiro atoms. The second-order valence-corrected chi connectivity index (χ2v) is 14.3. The number of allylic oxidation sites excluding steroid dienone is 1. The molecule has 7 rings (SSSR count). The van der Waals surface area contributed by atoms with Gasteiger partial charge in [-0.1, -0.05) is 53.2 Å². The average molecular weight is 669 g/mol. The van der Waals surface area contributed by atoms with Crippen molar-refractivity contribution >= 4 is 39.3 Å². The standard InChI is InChI=1S/C33H31ClF2N4O5S/c34-28-30(32(41)37-22-12-13-23(35)24(36)15-22)40-14-6-2-5-9-25(40)31(28)46(43,44)39-29-20-10-11-21(29)18-33(42,17-20)27-16-26(45-38-27)19-7-3-1-4-8-19/h1,3-5,7-9,12-13,15-16,20-21,29,39,42H,2,6,10-11,14,17-18H2,(H,37,41). The summed E-state index contributed by atoms with van der Waals surface area (Å²) < 4.78 is 65.6. The van der Waals surface area contributed by atoms with E-state index in [1.807, 2.05) is 36.4 Å². The van der Waals surface area contributed by atoms with Gasteiger partial charge >= 0.3 is 0 Å². The van der Waals surface area contributed by atoms with E-state index < -0.39 is 39.2 Å². The summed E-state index contributed by atoms with van der Waals surface area (Å²) in [6, 6.07) is 13.7. The summed E-state index contributed by atoms with van der Waals surface area (Å²) in [6.45, 7) is 0.322. The minimum atomic E-state index is -4.27. The van der Waals surface area contributed by atoms with Gasteiger partial charge in [-0.05, 0) is 68.6 Å². The number of benzene rings is 2. The summed E-state index contributed by atoms with van der Waals surface area (Å²) >= 11 is 6.73. The van der Waals surface area contributed by atoms with Crippen LogP contribution in [0.4, 0.5) is 14.5 Å². The van der Waals surface area contributed by atoms with E-state index in [9.17, 15) is 27.1 Å². The number of aliphatic hydroxyl groups is 1. The van der Waals surface area contributed by atoms with Gasteiger partial charge in [-0.3, -0.25) is 4.79 Å². The van der Waals surface area contributed by atoms with Crippen LogP contribution in [0.2, 0.25) is 5.02 Å². The normalized spacial score (nSPS) is 24.0. The molecule has 9 nitrogen and oxygen atoms in total. The third-order valence-electron chi connectivity index (χ3n) is 9.35. The van der Waals surface area contributed by atoms with E-state index in [1.54, 1.807) is 16.7 Å². The Morgan fingerprint density at radius 3 is 2.52 bits per heavy atom. The lowest BCUT2D eigenvalue weighted by Crippen LogP contribution is -2.49. The van der Waals surface area contributed by atoms with Gasteiger partial charge in [-0.2, -0.15) is 0 Å². The molecule has 0 radical (unpaired) electrons. The van der Waals surface area contributed by atoms with Gasteiger partial charge in [0.25, 0.3) is 5.91 Å². The van der Waals surface area contributed by atoms with E-state index in [2.05, 4.69) is 15.2 Å². The van der Waals surface area contributed by atoms with Crippen LogP contribution >= 0.6 is 11.6 Å². The Bertz CT molecular complexity index is 1950. The number of halogens is 3. The van der Waals surface area contributed by atoms with E-state index in [4.69, 9.17) is 16.1 Å². The summed E-state index contributed by atoms with van der Waals surface area (Å²) in [5.41, 5.74) is 0.160. The van der Waals surface area contributed by atoms with Gasteiger partial charge in [0.1, 0.15) is 21.9 Å². The predicted octanol–water partition coefficient (Wildman–Crippen LogP) is 6.49. The highest BCUT2D eigenvalue weighted by atomic mass is 35.5. The summed E-state index contributed by atoms with van der Waals surface area (Å²) in [6.07, 6.45) is 6.78. The molecule has 3 N–H and O–H groups in total. The Morgan fingerprint density at radius 2 is 1.80 bits per heavy atom. The fourth-order valence-electron chi connectivity index (χ4n) is 7.24. The second kappa shape index (κ2) is 11.8. The molecule has 240 valence electrons. The van der Waals surface area contributed by atoms with Crippen molar-refractivity contribution in [3.05, 3.63) is 94.4 Å². The zero-order valence-corrected chi connectivity index (χ0v) is 26.1. The fraction of sp³-hybridized carbons (Fsp3) is 0.333. The van der Waals surface area contributed by atoms with Crippen molar-refractivity contribution in [2.24, 2.45) is 11.8 Å². The lowest BCUT2D eigenvalue weighted by atomic mass is 9.73. The van der Waals surface area contributed by atoms with Crippen LogP contribution in [0.3, 0.4) is 0 Å². The molecule has 2 atom stereocenters. The number of sulfonamides is 1. The minimum absolute atomic E-state index is 0.00326. The maximum Gasteiger partial charge on any atom is 0.273 e. The number of amides is 1. The third kappa shape index (κ3) is 5.46. The van der Waals surface area contributed by atoms with E-state index in [0.29, 0.717) is 56.5 Å². The summed E-state index contributed by atoms with van der Waals surface area (Å²) in [5.74, 6) is -2.77. The molecule has 3 aliphatic rings. The molecule has 0 saturated heterocycles. The number of anilines is 1. The van der Waals surface area contributed by atoms with Crippen LogP contribution in [0, 0.1) is 23.5 Å². The first-order chi connectivity index (χ1) is 22.0. The van der Waals surface area contributed by atoms with E-state index in [-0.39, 0.29) is 38.8 Å². The topological polar surface area (TPSA) is 126 Å². The molecule has 1 aliphatic heterocycles. The number of hydrogen-bond donors (Lipinski definition) is 3. The number of fused-ring (bicyclic) bond motifs is 3. The van der Waals surface area contributed by atoms with Crippen molar-refractivity contribution in [2.75, 3.05) is 5.32 Å². The quantitative estimate of drug-likeness (QED) is 0.207. The second-order valence-electron chi connectivity index (χ2n) is 12.3. The van der Waals surface area contributed by atoms with Gasteiger partial charge in [-0.15, -0.1) is 0 Å². The van der Waals surface area contributed by atoms with Crippen molar-refractivity contribution in [1.29, 1.82) is 0 Å². The van der Waals surface area contributed by atoms with Crippen LogP contribution in [-0.2, 0) is 22.2 Å². The number of nitrogens with zero attached hydrogens (tertiary/aromatic N) is 2. The average Bonchev–Trinajstić information content (AvgIpc) is 3.63. The third-order valence-corrected chi connectivity index (χ3v) is 11.4. The number of carbonyl (C=O) groups is 1. The first kappa shape index (κ1) is 30.8. The van der Waals surface area contributed by atoms with E-state index in [1.165, 1.54) is 6.07 Å². The Kier molecular flexibility index (Phi) is 7.87. The van der Waals surface area contributed by atoms with Crippen LogP contribution in [0.25, 0.3) is 17.4 Å². The molecule has 2 unspecified atom stereocenters. The molecule has 2 aromatic heterocycles. The summed E-state index contributed by atoms with van der Waals surface area (Å²) in [4.78, 5) is 13.2. The van der Waals surface area contributed by atoms with Crippen LogP contribution in [0.5, 0.6) is 0 Å². The Labute approximate surface area is 269 Å². The van der Waals surface area contributed by atoms with Crippen LogP contribution in [0.15, 0.2) is 70.1 Å². The Balaban J connectivity index is 1.16. The molecule has 2 fully saturated rings. The zero-order chi connectivity index (χ0) is 32.2. The molecule has 46 heavy (non-hydrogen) atoms. The highest BCUT2D eigenvalue weighted by Gasteiger charge is 2.52. The van der Waals surface area contributed by atoms with Gasteiger partial charge in [0.05, 0.1) is 10.7 Å². The molecule has 2 bridgehead atoms. The minimum Gasteiger partial charge on any atom is -0.383 e. The maximum atomic E-state index is 14.1. The molecular formula is C33H31ClF2N4O5S. The van der Waals surface area contributed by atoms with Crippen LogP contribution in [-0.4, -0.2) is 35.2 Å². The smallest absolute Gasteiger partial charge is 0.273 e. The fourth-order valence-corrected chi connectivity index (χ4v) is 9.47. The monoisotopic (exact) mass is 668 g/mol. The van der Waals surface area contributed by atoms with Crippen molar-refractivity contribution < 1.29 is 31.6 Å². The summed E-state index contributed by atoms with van der Waals surface area (Å²) in [5, 5.41) is 18.2. The van der Waals surface area contributed by atoms with Gasteiger partial charge in [0.2, 0.25) is 10.0 Å². The first-order valence-corrected chi connectivity index (χ1v) is 17.0. The van der Waals surface area contributed by atoms with Gasteiger partial charge < -0.3 is 19.5 Å². The lowest BCUT2D eigenvalue weighted by molar-refractivity contribution is -0.0398. The van der Waals surface area contributed by atoms with Gasteiger partial charge in [0, 0.05) is 36.0 Å². The van der Waals surface area contributed by atoms with E-state index in [0.717, 1.165) is 17.7 Å². The van der Waals surface area contributed by atoms with Crippen molar-refractivity contribution in [3.8, 4) is 11.3 Å². The van der Waals surface area contributed by atoms with Crippen molar-refractivity contribution in [3.63, 3.8) is 0 Å². The van der Waals surface area contributed by atoms with Crippen LogP contribution in [0.1, 0.15) is 60.4 Å². The molecular weight excluding hydrogens is 638 g/mol. The van der Waals surface area contributed by atoms with Crippen LogP contribution < -0.4 is 10.0 Å². The largest absolute Gasteiger partial charge is 0.383 e. The molecule has 13 heteroatoms. The highest BCUT2D eigenvalue weighted by Crippen LogP contribution is 2.51. The number of aromatic nitrogens is 2. The zero-order valence-electron chi connectivity index (χ0n) is 24.5. The molecule has 1 amide bonds. The molecule has 3 heterocycles. The summed E-state index contributed by atoms with van der Waals surface area (Å²) in [7, 11) is -4.27. The number of carbonyl (C=O) groups excluding carboxylic acids is 1. The van der Waals surface area contributed by atoms with Gasteiger partial charge in [0.15, 0.2) is 17.4 Å².